The van der Waals surface area contributed by atoms with Crippen LogP contribution in [0.5, 0.6) is 5.75 Å². The number of rotatable bonds is 4. The van der Waals surface area contributed by atoms with Crippen LogP contribution in [0.3, 0.4) is 0 Å². The van der Waals surface area contributed by atoms with E-state index in [1.165, 1.54) is 12.1 Å². The Hall–Kier alpha value is -1.95. The molecule has 0 saturated heterocycles. The fraction of sp³-hybridized carbons (Fsp3) is 0.0833. The lowest BCUT2D eigenvalue weighted by Crippen LogP contribution is -1.97. The number of pyridine rings is 1. The molecule has 2 aromatic rings. The third kappa shape index (κ3) is 3.04. The zero-order valence-electron chi connectivity index (χ0n) is 9.25. The standard InChI is InChI=1S/C12H9BrN2O3/c13-11-2-1-10(15(16)17)7-12(11)18-8-9-3-5-14-6-4-9/h1-7H,8H2. The summed E-state index contributed by atoms with van der Waals surface area (Å²) in [6.45, 7) is 0.336. The van der Waals surface area contributed by atoms with Crippen molar-refractivity contribution in [3.8, 4) is 5.75 Å². The second-order valence-electron chi connectivity index (χ2n) is 3.52. The Balaban J connectivity index is 2.14. The molecule has 0 spiro atoms. The largest absolute Gasteiger partial charge is 0.487 e. The van der Waals surface area contributed by atoms with Crippen LogP contribution in [-0.2, 0) is 6.61 Å². The van der Waals surface area contributed by atoms with Gasteiger partial charge in [0.05, 0.1) is 15.5 Å². The van der Waals surface area contributed by atoms with Crippen molar-refractivity contribution in [1.29, 1.82) is 0 Å². The Bertz CT molecular complexity index is 561. The summed E-state index contributed by atoms with van der Waals surface area (Å²) in [7, 11) is 0. The van der Waals surface area contributed by atoms with Gasteiger partial charge in [-0.1, -0.05) is 0 Å². The molecule has 1 heterocycles. The van der Waals surface area contributed by atoms with E-state index in [4.69, 9.17) is 4.74 Å². The third-order valence-corrected chi connectivity index (χ3v) is 2.92. The molecule has 6 heteroatoms. The summed E-state index contributed by atoms with van der Waals surface area (Å²) in [5, 5.41) is 10.7. The second-order valence-corrected chi connectivity index (χ2v) is 4.37. The summed E-state index contributed by atoms with van der Waals surface area (Å²) in [5.74, 6) is 0.445. The van der Waals surface area contributed by atoms with E-state index in [1.54, 1.807) is 18.5 Å². The summed E-state index contributed by atoms with van der Waals surface area (Å²) < 4.78 is 6.22. The molecule has 1 aromatic heterocycles. The zero-order valence-corrected chi connectivity index (χ0v) is 10.8. The minimum atomic E-state index is -0.453. The van der Waals surface area contributed by atoms with Gasteiger partial charge in [0.15, 0.2) is 0 Å². The number of aromatic nitrogens is 1. The van der Waals surface area contributed by atoms with Crippen LogP contribution in [0.1, 0.15) is 5.56 Å². The number of halogens is 1. The summed E-state index contributed by atoms with van der Waals surface area (Å²) in [4.78, 5) is 14.1. The first-order valence-corrected chi connectivity index (χ1v) is 5.92. The number of nitro groups is 1. The van der Waals surface area contributed by atoms with Gasteiger partial charge in [-0.2, -0.15) is 0 Å². The predicted molar refractivity (Wildman–Crippen MR) is 69.4 cm³/mol. The van der Waals surface area contributed by atoms with Crippen LogP contribution in [0.4, 0.5) is 5.69 Å². The minimum absolute atomic E-state index is 0.00271. The summed E-state index contributed by atoms with van der Waals surface area (Å²) >= 11 is 3.29. The van der Waals surface area contributed by atoms with Crippen molar-refractivity contribution in [2.24, 2.45) is 0 Å². The van der Waals surface area contributed by atoms with Crippen molar-refractivity contribution in [2.75, 3.05) is 0 Å². The van der Waals surface area contributed by atoms with Crippen molar-refractivity contribution >= 4 is 21.6 Å². The molecule has 0 atom stereocenters. The molecule has 5 nitrogen and oxygen atoms in total. The molecular weight excluding hydrogens is 300 g/mol. The average molecular weight is 309 g/mol. The fourth-order valence-corrected chi connectivity index (χ4v) is 1.72. The molecule has 1 aromatic carbocycles. The summed E-state index contributed by atoms with van der Waals surface area (Å²) in [6.07, 6.45) is 3.34. The lowest BCUT2D eigenvalue weighted by Gasteiger charge is -2.07. The van der Waals surface area contributed by atoms with Crippen LogP contribution in [0.15, 0.2) is 47.2 Å². The molecular formula is C12H9BrN2O3. The quantitative estimate of drug-likeness (QED) is 0.642. The highest BCUT2D eigenvalue weighted by Crippen LogP contribution is 2.29. The number of nitrogens with zero attached hydrogens (tertiary/aromatic N) is 2. The number of benzene rings is 1. The Kier molecular flexibility index (Phi) is 3.88. The fourth-order valence-electron chi connectivity index (χ4n) is 1.36. The maximum absolute atomic E-state index is 10.7. The first-order chi connectivity index (χ1) is 8.66. The topological polar surface area (TPSA) is 65.3 Å². The van der Waals surface area contributed by atoms with Gasteiger partial charge in [-0.15, -0.1) is 0 Å². The minimum Gasteiger partial charge on any atom is -0.487 e. The predicted octanol–water partition coefficient (Wildman–Crippen LogP) is 3.33. The molecule has 18 heavy (non-hydrogen) atoms. The van der Waals surface area contributed by atoms with Gasteiger partial charge in [0.2, 0.25) is 0 Å². The second kappa shape index (κ2) is 5.59. The number of hydrogen-bond acceptors (Lipinski definition) is 4. The maximum atomic E-state index is 10.7. The van der Waals surface area contributed by atoms with Crippen molar-refractivity contribution < 1.29 is 9.66 Å². The molecule has 0 radical (unpaired) electrons. The van der Waals surface area contributed by atoms with Crippen molar-refractivity contribution in [1.82, 2.24) is 4.98 Å². The van der Waals surface area contributed by atoms with Gasteiger partial charge in [0.1, 0.15) is 12.4 Å². The van der Waals surface area contributed by atoms with Crippen LogP contribution >= 0.6 is 15.9 Å². The highest BCUT2D eigenvalue weighted by atomic mass is 79.9. The molecule has 0 saturated carbocycles. The van der Waals surface area contributed by atoms with Crippen molar-refractivity contribution in [3.05, 3.63) is 62.9 Å². The molecule has 92 valence electrons. The molecule has 0 aliphatic rings. The number of non-ortho nitro benzene ring substituents is 1. The van der Waals surface area contributed by atoms with E-state index in [-0.39, 0.29) is 5.69 Å². The molecule has 0 N–H and O–H groups in total. The number of ether oxygens (including phenoxy) is 1. The third-order valence-electron chi connectivity index (χ3n) is 2.27. The SMILES string of the molecule is O=[N+]([O-])c1ccc(Br)c(OCc2ccncc2)c1. The Morgan fingerprint density at radius 1 is 1.28 bits per heavy atom. The smallest absolute Gasteiger partial charge is 0.273 e. The first kappa shape index (κ1) is 12.5. The van der Waals surface area contributed by atoms with Crippen LogP contribution in [0, 0.1) is 10.1 Å². The molecule has 0 aliphatic carbocycles. The summed E-state index contributed by atoms with van der Waals surface area (Å²) in [5.41, 5.74) is 0.950. The van der Waals surface area contributed by atoms with Gasteiger partial charge < -0.3 is 4.74 Å². The Morgan fingerprint density at radius 3 is 2.67 bits per heavy atom. The van der Waals surface area contributed by atoms with Crippen LogP contribution in [0.25, 0.3) is 0 Å². The monoisotopic (exact) mass is 308 g/mol. The zero-order chi connectivity index (χ0) is 13.0. The normalized spacial score (nSPS) is 10.1. The van der Waals surface area contributed by atoms with E-state index in [1.807, 2.05) is 12.1 Å². The van der Waals surface area contributed by atoms with E-state index in [9.17, 15) is 10.1 Å². The van der Waals surface area contributed by atoms with Gasteiger partial charge in [0.25, 0.3) is 5.69 Å². The molecule has 0 aliphatic heterocycles. The lowest BCUT2D eigenvalue weighted by molar-refractivity contribution is -0.385. The summed E-state index contributed by atoms with van der Waals surface area (Å²) in [6, 6.07) is 8.06. The molecule has 0 unspecified atom stereocenters. The van der Waals surface area contributed by atoms with Gasteiger partial charge in [0, 0.05) is 18.5 Å². The number of hydrogen-bond donors (Lipinski definition) is 0. The van der Waals surface area contributed by atoms with E-state index in [0.29, 0.717) is 16.8 Å². The van der Waals surface area contributed by atoms with Crippen molar-refractivity contribution in [3.63, 3.8) is 0 Å². The van der Waals surface area contributed by atoms with Crippen LogP contribution in [0.2, 0.25) is 0 Å². The van der Waals surface area contributed by atoms with Gasteiger partial charge in [-0.25, -0.2) is 0 Å². The Labute approximate surface area is 112 Å². The van der Waals surface area contributed by atoms with Gasteiger partial charge in [-0.3, -0.25) is 15.1 Å². The highest BCUT2D eigenvalue weighted by molar-refractivity contribution is 9.10. The van der Waals surface area contributed by atoms with Crippen LogP contribution < -0.4 is 4.74 Å². The molecule has 0 fully saturated rings. The van der Waals surface area contributed by atoms with Gasteiger partial charge in [-0.05, 0) is 39.7 Å². The maximum Gasteiger partial charge on any atom is 0.273 e. The van der Waals surface area contributed by atoms with E-state index in [0.717, 1.165) is 5.56 Å². The average Bonchev–Trinajstić information content (AvgIpc) is 2.38. The van der Waals surface area contributed by atoms with Crippen LogP contribution in [-0.4, -0.2) is 9.91 Å². The molecule has 0 amide bonds. The first-order valence-electron chi connectivity index (χ1n) is 5.12. The van der Waals surface area contributed by atoms with E-state index >= 15 is 0 Å². The van der Waals surface area contributed by atoms with Crippen molar-refractivity contribution in [2.45, 2.75) is 6.61 Å². The molecule has 0 bridgehead atoms. The van der Waals surface area contributed by atoms with E-state index in [2.05, 4.69) is 20.9 Å². The Morgan fingerprint density at radius 2 is 2.00 bits per heavy atom. The molecule has 2 rings (SSSR count). The van der Waals surface area contributed by atoms with Gasteiger partial charge >= 0.3 is 0 Å². The van der Waals surface area contributed by atoms with E-state index < -0.39 is 4.92 Å². The highest BCUT2D eigenvalue weighted by Gasteiger charge is 2.10. The number of nitro benzene ring substituents is 1. The lowest BCUT2D eigenvalue weighted by atomic mass is 10.3.